The van der Waals surface area contributed by atoms with Gasteiger partial charge < -0.3 is 15.2 Å². The zero-order valence-electron chi connectivity index (χ0n) is 9.57. The summed E-state index contributed by atoms with van der Waals surface area (Å²) in [6.45, 7) is 2.96. The van der Waals surface area contributed by atoms with Gasteiger partial charge in [-0.3, -0.25) is 9.59 Å². The molecule has 0 radical (unpaired) electrons. The summed E-state index contributed by atoms with van der Waals surface area (Å²) >= 11 is 0. The van der Waals surface area contributed by atoms with Crippen molar-refractivity contribution < 1.29 is 19.4 Å². The molecule has 0 aliphatic carbocycles. The van der Waals surface area contributed by atoms with Crippen molar-refractivity contribution in [3.63, 3.8) is 0 Å². The fourth-order valence-electron chi connectivity index (χ4n) is 2.01. The number of amides is 1. The van der Waals surface area contributed by atoms with Crippen LogP contribution in [0.5, 0.6) is 0 Å². The molecule has 0 aromatic rings. The Balaban J connectivity index is 2.35. The molecule has 5 heteroatoms. The van der Waals surface area contributed by atoms with Crippen molar-refractivity contribution in [2.45, 2.75) is 38.6 Å². The van der Waals surface area contributed by atoms with Gasteiger partial charge in [0, 0.05) is 32.6 Å². The summed E-state index contributed by atoms with van der Waals surface area (Å²) in [6.07, 6.45) is 2.40. The van der Waals surface area contributed by atoms with E-state index in [1.54, 1.807) is 0 Å². The maximum Gasteiger partial charge on any atom is 0.303 e. The standard InChI is InChI=1S/C11H19NO4/c1-8(13)12-10(2-3-11(14)15)6-9-4-5-16-7-9/h9-10H,2-7H2,1H3,(H,12,13)(H,14,15). The van der Waals surface area contributed by atoms with Crippen molar-refractivity contribution in [3.05, 3.63) is 0 Å². The summed E-state index contributed by atoms with van der Waals surface area (Å²) < 4.78 is 5.26. The second kappa shape index (κ2) is 6.48. The van der Waals surface area contributed by atoms with Crippen molar-refractivity contribution in [1.29, 1.82) is 0 Å². The van der Waals surface area contributed by atoms with E-state index in [-0.39, 0.29) is 18.4 Å². The van der Waals surface area contributed by atoms with Gasteiger partial charge in [0.1, 0.15) is 0 Å². The topological polar surface area (TPSA) is 75.6 Å². The second-order valence-corrected chi connectivity index (χ2v) is 4.30. The first kappa shape index (κ1) is 13.0. The minimum atomic E-state index is -0.821. The number of hydrogen-bond donors (Lipinski definition) is 2. The van der Waals surface area contributed by atoms with E-state index in [0.717, 1.165) is 26.1 Å². The monoisotopic (exact) mass is 229 g/mol. The van der Waals surface area contributed by atoms with Gasteiger partial charge in [-0.2, -0.15) is 0 Å². The first-order valence-corrected chi connectivity index (χ1v) is 5.64. The Morgan fingerprint density at radius 2 is 2.31 bits per heavy atom. The van der Waals surface area contributed by atoms with Crippen molar-refractivity contribution >= 4 is 11.9 Å². The van der Waals surface area contributed by atoms with Crippen LogP contribution in [0, 0.1) is 5.92 Å². The quantitative estimate of drug-likeness (QED) is 0.705. The van der Waals surface area contributed by atoms with Gasteiger partial charge in [0.25, 0.3) is 0 Å². The molecule has 16 heavy (non-hydrogen) atoms. The van der Waals surface area contributed by atoms with E-state index in [1.807, 2.05) is 0 Å². The van der Waals surface area contributed by atoms with Gasteiger partial charge in [-0.25, -0.2) is 0 Å². The van der Waals surface area contributed by atoms with E-state index in [9.17, 15) is 9.59 Å². The average molecular weight is 229 g/mol. The Morgan fingerprint density at radius 3 is 2.81 bits per heavy atom. The molecule has 2 atom stereocenters. The molecule has 1 aliphatic heterocycles. The molecule has 0 aromatic heterocycles. The number of carbonyl (C=O) groups excluding carboxylic acids is 1. The third-order valence-corrected chi connectivity index (χ3v) is 2.76. The predicted octanol–water partition coefficient (Wildman–Crippen LogP) is 0.782. The molecule has 1 amide bonds. The van der Waals surface area contributed by atoms with Crippen molar-refractivity contribution in [3.8, 4) is 0 Å². The lowest BCUT2D eigenvalue weighted by Gasteiger charge is -2.19. The van der Waals surface area contributed by atoms with E-state index in [4.69, 9.17) is 9.84 Å². The van der Waals surface area contributed by atoms with Gasteiger partial charge >= 0.3 is 5.97 Å². The van der Waals surface area contributed by atoms with Gasteiger partial charge in [-0.15, -0.1) is 0 Å². The number of hydrogen-bond acceptors (Lipinski definition) is 3. The molecule has 1 heterocycles. The highest BCUT2D eigenvalue weighted by atomic mass is 16.5. The van der Waals surface area contributed by atoms with E-state index < -0.39 is 5.97 Å². The molecular formula is C11H19NO4. The van der Waals surface area contributed by atoms with Gasteiger partial charge in [0.2, 0.25) is 5.91 Å². The summed E-state index contributed by atoms with van der Waals surface area (Å²) in [6, 6.07) is -0.0414. The number of carboxylic acids is 1. The van der Waals surface area contributed by atoms with Crippen LogP contribution < -0.4 is 5.32 Å². The highest BCUT2D eigenvalue weighted by Crippen LogP contribution is 2.20. The highest BCUT2D eigenvalue weighted by molar-refractivity contribution is 5.73. The molecule has 0 saturated carbocycles. The van der Waals surface area contributed by atoms with Crippen LogP contribution in [0.3, 0.4) is 0 Å². The minimum absolute atomic E-state index is 0.0414. The lowest BCUT2D eigenvalue weighted by atomic mass is 9.96. The van der Waals surface area contributed by atoms with Crippen LogP contribution in [0.1, 0.15) is 32.6 Å². The molecule has 1 aliphatic rings. The van der Waals surface area contributed by atoms with E-state index in [0.29, 0.717) is 12.3 Å². The minimum Gasteiger partial charge on any atom is -0.481 e. The lowest BCUT2D eigenvalue weighted by Crippen LogP contribution is -2.35. The van der Waals surface area contributed by atoms with Crippen LogP contribution in [-0.2, 0) is 14.3 Å². The molecule has 0 bridgehead atoms. The van der Waals surface area contributed by atoms with Gasteiger partial charge in [0.05, 0.1) is 0 Å². The number of ether oxygens (including phenoxy) is 1. The molecule has 0 aromatic carbocycles. The smallest absolute Gasteiger partial charge is 0.303 e. The first-order valence-electron chi connectivity index (χ1n) is 5.64. The SMILES string of the molecule is CC(=O)NC(CCC(=O)O)CC1CCOC1. The van der Waals surface area contributed by atoms with Crippen LogP contribution in [0.15, 0.2) is 0 Å². The molecule has 2 N–H and O–H groups in total. The van der Waals surface area contributed by atoms with Crippen LogP contribution in [-0.4, -0.2) is 36.2 Å². The summed E-state index contributed by atoms with van der Waals surface area (Å²) in [5.74, 6) is -0.474. The Morgan fingerprint density at radius 1 is 1.56 bits per heavy atom. The molecule has 0 spiro atoms. The second-order valence-electron chi connectivity index (χ2n) is 4.30. The molecule has 92 valence electrons. The number of aliphatic carboxylic acids is 1. The summed E-state index contributed by atoms with van der Waals surface area (Å²) in [5, 5.41) is 11.4. The Bertz CT molecular complexity index is 248. The van der Waals surface area contributed by atoms with Crippen molar-refractivity contribution in [1.82, 2.24) is 5.32 Å². The Kier molecular flexibility index (Phi) is 5.25. The number of rotatable bonds is 6. The summed E-state index contributed by atoms with van der Waals surface area (Å²) in [5.41, 5.74) is 0. The fraction of sp³-hybridized carbons (Fsp3) is 0.818. The largest absolute Gasteiger partial charge is 0.481 e. The lowest BCUT2D eigenvalue weighted by molar-refractivity contribution is -0.137. The highest BCUT2D eigenvalue weighted by Gasteiger charge is 2.21. The normalized spacial score (nSPS) is 21.7. The number of carboxylic acid groups (broad SMARTS) is 1. The Labute approximate surface area is 95.2 Å². The summed E-state index contributed by atoms with van der Waals surface area (Å²) in [7, 11) is 0. The van der Waals surface area contributed by atoms with Crippen LogP contribution in [0.4, 0.5) is 0 Å². The van der Waals surface area contributed by atoms with E-state index >= 15 is 0 Å². The molecule has 1 fully saturated rings. The number of carbonyl (C=O) groups is 2. The van der Waals surface area contributed by atoms with Gasteiger partial charge in [0.15, 0.2) is 0 Å². The average Bonchev–Trinajstić information content (AvgIpc) is 2.66. The first-order chi connectivity index (χ1) is 7.58. The zero-order valence-corrected chi connectivity index (χ0v) is 9.57. The third kappa shape index (κ3) is 5.11. The fourth-order valence-corrected chi connectivity index (χ4v) is 2.01. The van der Waals surface area contributed by atoms with Crippen LogP contribution in [0.25, 0.3) is 0 Å². The van der Waals surface area contributed by atoms with Crippen molar-refractivity contribution in [2.24, 2.45) is 5.92 Å². The van der Waals surface area contributed by atoms with Crippen molar-refractivity contribution in [2.75, 3.05) is 13.2 Å². The van der Waals surface area contributed by atoms with E-state index in [2.05, 4.69) is 5.32 Å². The summed E-state index contributed by atoms with van der Waals surface area (Å²) in [4.78, 5) is 21.5. The predicted molar refractivity (Wildman–Crippen MR) is 58.0 cm³/mol. The van der Waals surface area contributed by atoms with E-state index in [1.165, 1.54) is 6.92 Å². The molecule has 2 unspecified atom stereocenters. The molecular weight excluding hydrogens is 210 g/mol. The molecule has 1 rings (SSSR count). The molecule has 5 nitrogen and oxygen atoms in total. The maximum atomic E-state index is 11.0. The Hall–Kier alpha value is -1.10. The molecule has 1 saturated heterocycles. The van der Waals surface area contributed by atoms with Gasteiger partial charge in [-0.1, -0.05) is 0 Å². The maximum absolute atomic E-state index is 11.0. The van der Waals surface area contributed by atoms with Gasteiger partial charge in [-0.05, 0) is 25.2 Å². The van der Waals surface area contributed by atoms with Crippen LogP contribution in [0.2, 0.25) is 0 Å². The number of nitrogens with one attached hydrogen (secondary N) is 1. The zero-order chi connectivity index (χ0) is 12.0. The van der Waals surface area contributed by atoms with Crippen LogP contribution >= 0.6 is 0 Å². The third-order valence-electron chi connectivity index (χ3n) is 2.76.